The van der Waals surface area contributed by atoms with Gasteiger partial charge in [0.1, 0.15) is 0 Å². The van der Waals surface area contributed by atoms with Crippen LogP contribution in [0.1, 0.15) is 22.0 Å². The lowest BCUT2D eigenvalue weighted by Crippen LogP contribution is -2.50. The smallest absolute Gasteiger partial charge is 0.227 e. The quantitative estimate of drug-likeness (QED) is 0.686. The molecule has 3 nitrogen and oxygen atoms in total. The van der Waals surface area contributed by atoms with E-state index in [1.807, 2.05) is 22.4 Å². The third-order valence-corrected chi connectivity index (χ3v) is 6.61. The standard InChI is InChI=1S/C23H22N2OS/c26-22(16-17-6-5-15-27-17)24-11-13-25(14-12-24)23-20-9-3-1-7-18(20)19-8-2-4-10-21(19)23/h1-10,15,23H,11-14,16H2. The fourth-order valence-corrected chi connectivity index (χ4v) is 5.12. The minimum atomic E-state index is 0.254. The maximum absolute atomic E-state index is 12.6. The zero-order valence-corrected chi connectivity index (χ0v) is 16.0. The first-order valence-corrected chi connectivity index (χ1v) is 10.4. The fraction of sp³-hybridized carbons (Fsp3) is 0.261. The number of benzene rings is 2. The van der Waals surface area contributed by atoms with E-state index in [1.54, 1.807) is 11.3 Å². The van der Waals surface area contributed by atoms with Gasteiger partial charge in [-0.2, -0.15) is 0 Å². The van der Waals surface area contributed by atoms with E-state index < -0.39 is 0 Å². The second kappa shape index (κ2) is 6.95. The first-order valence-electron chi connectivity index (χ1n) is 9.54. The molecule has 3 aromatic rings. The summed E-state index contributed by atoms with van der Waals surface area (Å²) in [6.45, 7) is 3.46. The lowest BCUT2D eigenvalue weighted by molar-refractivity contribution is -0.132. The number of carbonyl (C=O) groups is 1. The molecule has 136 valence electrons. The van der Waals surface area contributed by atoms with Gasteiger partial charge in [0.15, 0.2) is 0 Å². The molecule has 2 aromatic carbocycles. The Kier molecular flexibility index (Phi) is 4.30. The summed E-state index contributed by atoms with van der Waals surface area (Å²) >= 11 is 1.66. The van der Waals surface area contributed by atoms with E-state index >= 15 is 0 Å². The Bertz CT molecular complexity index is 913. The summed E-state index contributed by atoms with van der Waals surface area (Å²) in [5.74, 6) is 0.254. The number of amides is 1. The molecular weight excluding hydrogens is 352 g/mol. The summed E-state index contributed by atoms with van der Waals surface area (Å²) in [5, 5.41) is 2.04. The molecule has 0 saturated carbocycles. The van der Waals surface area contributed by atoms with Crippen LogP contribution in [0.3, 0.4) is 0 Å². The van der Waals surface area contributed by atoms with Gasteiger partial charge in [-0.05, 0) is 33.7 Å². The highest BCUT2D eigenvalue weighted by Crippen LogP contribution is 2.46. The van der Waals surface area contributed by atoms with Gasteiger partial charge < -0.3 is 4.90 Å². The van der Waals surface area contributed by atoms with Crippen LogP contribution in [-0.4, -0.2) is 41.9 Å². The molecule has 0 radical (unpaired) electrons. The van der Waals surface area contributed by atoms with Crippen molar-refractivity contribution in [3.63, 3.8) is 0 Å². The van der Waals surface area contributed by atoms with E-state index in [9.17, 15) is 4.79 Å². The number of thiophene rings is 1. The second-order valence-corrected chi connectivity index (χ2v) is 8.28. The molecule has 0 unspecified atom stereocenters. The number of rotatable bonds is 3. The Morgan fingerprint density at radius 2 is 1.48 bits per heavy atom. The molecule has 2 heterocycles. The number of fused-ring (bicyclic) bond motifs is 3. The van der Waals surface area contributed by atoms with Gasteiger partial charge in [0.25, 0.3) is 0 Å². The SMILES string of the molecule is O=C(Cc1cccs1)N1CCN(C2c3ccccc3-c3ccccc32)CC1. The van der Waals surface area contributed by atoms with Gasteiger partial charge >= 0.3 is 0 Å². The van der Waals surface area contributed by atoms with Crippen LogP contribution >= 0.6 is 11.3 Å². The third-order valence-electron chi connectivity index (χ3n) is 5.74. The summed E-state index contributed by atoms with van der Waals surface area (Å²) in [6, 6.07) is 21.9. The molecule has 0 atom stereocenters. The highest BCUT2D eigenvalue weighted by atomic mass is 32.1. The minimum absolute atomic E-state index is 0.254. The molecule has 0 spiro atoms. The maximum atomic E-state index is 12.6. The molecule has 1 saturated heterocycles. The second-order valence-electron chi connectivity index (χ2n) is 7.25. The average Bonchev–Trinajstić information content (AvgIpc) is 3.34. The molecule has 1 aliphatic carbocycles. The summed E-state index contributed by atoms with van der Waals surface area (Å²) in [7, 11) is 0. The number of hydrogen-bond acceptors (Lipinski definition) is 3. The van der Waals surface area contributed by atoms with E-state index in [-0.39, 0.29) is 5.91 Å². The van der Waals surface area contributed by atoms with Crippen molar-refractivity contribution in [2.45, 2.75) is 12.5 Å². The largest absolute Gasteiger partial charge is 0.340 e. The van der Waals surface area contributed by atoms with E-state index in [0.717, 1.165) is 31.1 Å². The van der Waals surface area contributed by atoms with Gasteiger partial charge in [-0.25, -0.2) is 0 Å². The average molecular weight is 375 g/mol. The monoisotopic (exact) mass is 374 g/mol. The molecule has 2 aliphatic rings. The lowest BCUT2D eigenvalue weighted by atomic mass is 10.0. The highest BCUT2D eigenvalue weighted by Gasteiger charge is 2.34. The van der Waals surface area contributed by atoms with Crippen LogP contribution < -0.4 is 0 Å². The predicted molar refractivity (Wildman–Crippen MR) is 110 cm³/mol. The molecule has 27 heavy (non-hydrogen) atoms. The van der Waals surface area contributed by atoms with Crippen molar-refractivity contribution >= 4 is 17.2 Å². The third kappa shape index (κ3) is 2.99. The van der Waals surface area contributed by atoms with E-state index in [2.05, 4.69) is 53.4 Å². The van der Waals surface area contributed by atoms with Crippen molar-refractivity contribution in [1.82, 2.24) is 9.80 Å². The molecular formula is C23H22N2OS. The van der Waals surface area contributed by atoms with Gasteiger partial charge in [0, 0.05) is 31.1 Å². The van der Waals surface area contributed by atoms with Crippen LogP contribution in [0.15, 0.2) is 66.0 Å². The summed E-state index contributed by atoms with van der Waals surface area (Å²) < 4.78 is 0. The molecule has 0 N–H and O–H groups in total. The summed E-state index contributed by atoms with van der Waals surface area (Å²) in [5.41, 5.74) is 5.51. The summed E-state index contributed by atoms with van der Waals surface area (Å²) in [4.78, 5) is 18.3. The van der Waals surface area contributed by atoms with Gasteiger partial charge in [-0.1, -0.05) is 54.6 Å². The van der Waals surface area contributed by atoms with Crippen molar-refractivity contribution in [3.8, 4) is 11.1 Å². The minimum Gasteiger partial charge on any atom is -0.340 e. The van der Waals surface area contributed by atoms with Crippen LogP contribution in [0.25, 0.3) is 11.1 Å². The van der Waals surface area contributed by atoms with Crippen LogP contribution in [-0.2, 0) is 11.2 Å². The number of nitrogens with zero attached hydrogens (tertiary/aromatic N) is 2. The molecule has 0 bridgehead atoms. The number of carbonyl (C=O) groups excluding carboxylic acids is 1. The fourth-order valence-electron chi connectivity index (χ4n) is 4.43. The van der Waals surface area contributed by atoms with Crippen LogP contribution in [0.4, 0.5) is 0 Å². The van der Waals surface area contributed by atoms with E-state index in [1.165, 1.54) is 22.3 Å². The molecule has 5 rings (SSSR count). The molecule has 1 aliphatic heterocycles. The van der Waals surface area contributed by atoms with Crippen molar-refractivity contribution in [2.75, 3.05) is 26.2 Å². The Morgan fingerprint density at radius 3 is 2.07 bits per heavy atom. The van der Waals surface area contributed by atoms with Crippen molar-refractivity contribution in [1.29, 1.82) is 0 Å². The Morgan fingerprint density at radius 1 is 0.852 bits per heavy atom. The lowest BCUT2D eigenvalue weighted by Gasteiger charge is -2.38. The first-order chi connectivity index (χ1) is 13.3. The molecule has 1 fully saturated rings. The Balaban J connectivity index is 1.33. The normalized spacial score (nSPS) is 17.0. The Labute approximate surface area is 163 Å². The van der Waals surface area contributed by atoms with Crippen LogP contribution in [0.2, 0.25) is 0 Å². The van der Waals surface area contributed by atoms with Gasteiger partial charge in [-0.3, -0.25) is 9.69 Å². The zero-order chi connectivity index (χ0) is 18.2. The van der Waals surface area contributed by atoms with Crippen molar-refractivity contribution in [3.05, 3.63) is 82.0 Å². The topological polar surface area (TPSA) is 23.6 Å². The van der Waals surface area contributed by atoms with Crippen molar-refractivity contribution < 1.29 is 4.79 Å². The van der Waals surface area contributed by atoms with Crippen molar-refractivity contribution in [2.24, 2.45) is 0 Å². The predicted octanol–water partition coefficient (Wildman–Crippen LogP) is 4.20. The zero-order valence-electron chi connectivity index (χ0n) is 15.2. The van der Waals surface area contributed by atoms with Gasteiger partial charge in [0.05, 0.1) is 12.5 Å². The van der Waals surface area contributed by atoms with E-state index in [0.29, 0.717) is 12.5 Å². The van der Waals surface area contributed by atoms with E-state index in [4.69, 9.17) is 0 Å². The highest BCUT2D eigenvalue weighted by molar-refractivity contribution is 7.10. The van der Waals surface area contributed by atoms with Gasteiger partial charge in [-0.15, -0.1) is 11.3 Å². The summed E-state index contributed by atoms with van der Waals surface area (Å²) in [6.07, 6.45) is 0.534. The number of piperazine rings is 1. The van der Waals surface area contributed by atoms with Gasteiger partial charge in [0.2, 0.25) is 5.91 Å². The number of hydrogen-bond donors (Lipinski definition) is 0. The Hall–Kier alpha value is -2.43. The van der Waals surface area contributed by atoms with Crippen LogP contribution in [0.5, 0.6) is 0 Å². The molecule has 1 amide bonds. The molecule has 1 aromatic heterocycles. The van der Waals surface area contributed by atoms with Crippen LogP contribution in [0, 0.1) is 0 Å². The molecule has 4 heteroatoms. The maximum Gasteiger partial charge on any atom is 0.227 e. The first kappa shape index (κ1) is 16.7.